The summed E-state index contributed by atoms with van der Waals surface area (Å²) in [7, 11) is 0. The van der Waals surface area contributed by atoms with Crippen molar-refractivity contribution >= 4 is 22.7 Å². The van der Waals surface area contributed by atoms with Gasteiger partial charge in [-0.15, -0.1) is 5.11 Å². The summed E-state index contributed by atoms with van der Waals surface area (Å²) in [6, 6.07) is 13.0. The maximum Gasteiger partial charge on any atom is 0.109 e. The second kappa shape index (κ2) is 4.65. The van der Waals surface area contributed by atoms with Crippen molar-refractivity contribution in [3.8, 4) is 0 Å². The number of anilines is 2. The Bertz CT molecular complexity index is 544. The molecule has 86 valence electrons. The van der Waals surface area contributed by atoms with Gasteiger partial charge in [0.15, 0.2) is 0 Å². The highest BCUT2D eigenvalue weighted by molar-refractivity contribution is 5.67. The summed E-state index contributed by atoms with van der Waals surface area (Å²) in [6.07, 6.45) is 0. The lowest BCUT2D eigenvalue weighted by molar-refractivity contribution is 1.23. The second-order valence-electron chi connectivity index (χ2n) is 3.85. The monoisotopic (exact) mass is 226 g/mol. The van der Waals surface area contributed by atoms with E-state index in [1.165, 1.54) is 5.56 Å². The van der Waals surface area contributed by atoms with Gasteiger partial charge < -0.3 is 11.5 Å². The minimum absolute atomic E-state index is 0.529. The molecular formula is C13H14N4. The molecule has 0 fully saturated rings. The molecule has 0 amide bonds. The largest absolute Gasteiger partial charge is 0.399 e. The summed E-state index contributed by atoms with van der Waals surface area (Å²) in [6.45, 7) is 2.03. The van der Waals surface area contributed by atoms with Crippen LogP contribution in [0, 0.1) is 6.92 Å². The zero-order valence-electron chi connectivity index (χ0n) is 9.59. The summed E-state index contributed by atoms with van der Waals surface area (Å²) in [5, 5.41) is 8.20. The van der Waals surface area contributed by atoms with E-state index in [0.717, 1.165) is 5.69 Å². The number of aryl methyl sites for hydroxylation is 1. The molecule has 4 N–H and O–H groups in total. The summed E-state index contributed by atoms with van der Waals surface area (Å²) in [5.41, 5.74) is 15.1. The fraction of sp³-hybridized carbons (Fsp3) is 0.0769. The van der Waals surface area contributed by atoms with Gasteiger partial charge in [0.25, 0.3) is 0 Å². The van der Waals surface area contributed by atoms with Crippen LogP contribution >= 0.6 is 0 Å². The zero-order chi connectivity index (χ0) is 12.3. The van der Waals surface area contributed by atoms with Crippen LogP contribution < -0.4 is 11.5 Å². The molecule has 2 aromatic rings. The van der Waals surface area contributed by atoms with E-state index in [4.69, 9.17) is 11.5 Å². The van der Waals surface area contributed by atoms with Crippen molar-refractivity contribution in [3.63, 3.8) is 0 Å². The molecule has 17 heavy (non-hydrogen) atoms. The maximum atomic E-state index is 5.78. The highest BCUT2D eigenvalue weighted by Crippen LogP contribution is 2.26. The molecule has 0 radical (unpaired) electrons. The van der Waals surface area contributed by atoms with E-state index >= 15 is 0 Å². The van der Waals surface area contributed by atoms with Crippen molar-refractivity contribution in [2.75, 3.05) is 11.5 Å². The molecule has 4 nitrogen and oxygen atoms in total. The van der Waals surface area contributed by atoms with Crippen LogP contribution in [0.5, 0.6) is 0 Å². The smallest absolute Gasteiger partial charge is 0.109 e. The van der Waals surface area contributed by atoms with Gasteiger partial charge in [0.05, 0.1) is 11.4 Å². The third-order valence-electron chi connectivity index (χ3n) is 2.36. The molecule has 0 aliphatic heterocycles. The predicted molar refractivity (Wildman–Crippen MR) is 70.6 cm³/mol. The van der Waals surface area contributed by atoms with Crippen LogP contribution in [0.1, 0.15) is 5.56 Å². The number of hydrogen-bond acceptors (Lipinski definition) is 4. The fourth-order valence-electron chi connectivity index (χ4n) is 1.39. The Balaban J connectivity index is 2.23. The summed E-state index contributed by atoms with van der Waals surface area (Å²) in [4.78, 5) is 0. The van der Waals surface area contributed by atoms with E-state index < -0.39 is 0 Å². The molecule has 0 aliphatic carbocycles. The van der Waals surface area contributed by atoms with Crippen LogP contribution in [0.3, 0.4) is 0 Å². The van der Waals surface area contributed by atoms with E-state index in [1.807, 2.05) is 31.2 Å². The second-order valence-corrected chi connectivity index (χ2v) is 3.85. The molecule has 0 aliphatic rings. The number of nitrogens with zero attached hydrogens (tertiary/aromatic N) is 2. The zero-order valence-corrected chi connectivity index (χ0v) is 9.59. The molecule has 0 saturated heterocycles. The van der Waals surface area contributed by atoms with Gasteiger partial charge >= 0.3 is 0 Å². The van der Waals surface area contributed by atoms with Crippen LogP contribution in [-0.2, 0) is 0 Å². The molecule has 0 spiro atoms. The van der Waals surface area contributed by atoms with Crippen LogP contribution in [0.15, 0.2) is 52.7 Å². The number of nitrogens with two attached hydrogens (primary N) is 2. The van der Waals surface area contributed by atoms with Crippen molar-refractivity contribution in [2.24, 2.45) is 10.2 Å². The minimum Gasteiger partial charge on any atom is -0.399 e. The van der Waals surface area contributed by atoms with Crippen molar-refractivity contribution in [2.45, 2.75) is 6.92 Å². The average Bonchev–Trinajstić information content (AvgIpc) is 2.30. The first-order valence-electron chi connectivity index (χ1n) is 5.28. The van der Waals surface area contributed by atoms with Crippen LogP contribution in [0.4, 0.5) is 22.7 Å². The Morgan fingerprint density at radius 1 is 0.882 bits per heavy atom. The molecule has 4 heteroatoms. The number of hydrogen-bond donors (Lipinski definition) is 2. The Morgan fingerprint density at radius 3 is 2.24 bits per heavy atom. The minimum atomic E-state index is 0.529. The average molecular weight is 226 g/mol. The molecule has 0 heterocycles. The Hall–Kier alpha value is -2.36. The van der Waals surface area contributed by atoms with Gasteiger partial charge in [-0.3, -0.25) is 0 Å². The fourth-order valence-corrected chi connectivity index (χ4v) is 1.39. The molecule has 2 aromatic carbocycles. The van der Waals surface area contributed by atoms with E-state index in [9.17, 15) is 0 Å². The number of nitrogen functional groups attached to an aromatic ring is 2. The maximum absolute atomic E-state index is 5.78. The van der Waals surface area contributed by atoms with Crippen LogP contribution in [0.25, 0.3) is 0 Å². The molecule has 0 aromatic heterocycles. The lowest BCUT2D eigenvalue weighted by atomic mass is 10.2. The van der Waals surface area contributed by atoms with Gasteiger partial charge in [-0.25, -0.2) is 0 Å². The molecule has 0 atom stereocenters. The van der Waals surface area contributed by atoms with Crippen LogP contribution in [0.2, 0.25) is 0 Å². The topological polar surface area (TPSA) is 76.8 Å². The van der Waals surface area contributed by atoms with Crippen molar-refractivity contribution < 1.29 is 0 Å². The van der Waals surface area contributed by atoms with E-state index in [0.29, 0.717) is 17.1 Å². The summed E-state index contributed by atoms with van der Waals surface area (Å²) >= 11 is 0. The third-order valence-corrected chi connectivity index (χ3v) is 2.36. The Morgan fingerprint density at radius 2 is 1.59 bits per heavy atom. The van der Waals surface area contributed by atoms with Crippen LogP contribution in [-0.4, -0.2) is 0 Å². The van der Waals surface area contributed by atoms with Gasteiger partial charge in [-0.2, -0.15) is 5.11 Å². The van der Waals surface area contributed by atoms with Crippen molar-refractivity contribution in [3.05, 3.63) is 48.0 Å². The molecule has 0 unspecified atom stereocenters. The standard InChI is InChI=1S/C13H14N4/c1-9-2-5-11(6-3-9)16-17-13-7-4-10(14)8-12(13)15/h2-8H,14-15H2,1H3. The van der Waals surface area contributed by atoms with Crippen molar-refractivity contribution in [1.82, 2.24) is 0 Å². The van der Waals surface area contributed by atoms with Gasteiger partial charge in [-0.1, -0.05) is 17.7 Å². The quantitative estimate of drug-likeness (QED) is 0.606. The third kappa shape index (κ3) is 2.81. The number of benzene rings is 2. The highest BCUT2D eigenvalue weighted by atomic mass is 15.1. The molecule has 2 rings (SSSR count). The Kier molecular flexibility index (Phi) is 3.05. The summed E-state index contributed by atoms with van der Waals surface area (Å²) < 4.78 is 0. The lowest BCUT2D eigenvalue weighted by Crippen LogP contribution is -1.89. The first kappa shape index (κ1) is 11.1. The van der Waals surface area contributed by atoms with E-state index in [1.54, 1.807) is 18.2 Å². The normalized spacial score (nSPS) is 10.9. The first-order valence-corrected chi connectivity index (χ1v) is 5.28. The van der Waals surface area contributed by atoms with E-state index in [2.05, 4.69) is 10.2 Å². The van der Waals surface area contributed by atoms with E-state index in [-0.39, 0.29) is 0 Å². The molecule has 0 saturated carbocycles. The number of rotatable bonds is 2. The molecular weight excluding hydrogens is 212 g/mol. The summed E-state index contributed by atoms with van der Waals surface area (Å²) in [5.74, 6) is 0. The first-order chi connectivity index (χ1) is 8.15. The van der Waals surface area contributed by atoms with Gasteiger partial charge in [0.2, 0.25) is 0 Å². The molecule has 0 bridgehead atoms. The van der Waals surface area contributed by atoms with Gasteiger partial charge in [0, 0.05) is 5.69 Å². The predicted octanol–water partition coefficient (Wildman–Crippen LogP) is 3.57. The van der Waals surface area contributed by atoms with Gasteiger partial charge in [-0.05, 0) is 37.3 Å². The highest BCUT2D eigenvalue weighted by Gasteiger charge is 1.97. The lowest BCUT2D eigenvalue weighted by Gasteiger charge is -2.00. The van der Waals surface area contributed by atoms with Gasteiger partial charge in [0.1, 0.15) is 5.69 Å². The SMILES string of the molecule is Cc1ccc(N=Nc2ccc(N)cc2N)cc1. The van der Waals surface area contributed by atoms with Crippen molar-refractivity contribution in [1.29, 1.82) is 0 Å². The Labute approximate surface area is 100.0 Å². The number of azo groups is 1.